The van der Waals surface area contributed by atoms with Crippen LogP contribution >= 0.6 is 22.9 Å². The van der Waals surface area contributed by atoms with E-state index in [9.17, 15) is 42.3 Å². The van der Waals surface area contributed by atoms with Gasteiger partial charge in [0.15, 0.2) is 16.4 Å². The Morgan fingerprint density at radius 1 is 0.912 bits per heavy atom. The van der Waals surface area contributed by atoms with Crippen molar-refractivity contribution >= 4 is 96.4 Å². The molecular weight excluding hydrogens is 934 g/mol. The number of carbonyl (C=O) groups excluding carboxylic acids is 4. The molecule has 68 heavy (non-hydrogen) atoms. The van der Waals surface area contributed by atoms with Gasteiger partial charge in [-0.05, 0) is 104 Å². The van der Waals surface area contributed by atoms with E-state index < -0.39 is 39.5 Å². The third kappa shape index (κ3) is 10.0. The summed E-state index contributed by atoms with van der Waals surface area (Å²) in [6, 6.07) is 25.0. The van der Waals surface area contributed by atoms with E-state index in [0.29, 0.717) is 56.9 Å². The number of sulfonamides is 1. The number of carbonyl (C=O) groups is 5. The van der Waals surface area contributed by atoms with Crippen molar-refractivity contribution in [1.29, 1.82) is 0 Å². The SMILES string of the molecule is CC(=O)COc1c(C(=O)O)sc(-c2cccc(N=C3CCN(S(=O)(=O)Cc4cccc(NC(=O)Nc5ccc(-c6ccc7c(c6)n(C)c(=O)n7C6CCC(=O)NC6=O)cc5)c4)C(C)(C)C3)c2)c1Cl. The second-order valence-electron chi connectivity index (χ2n) is 17.2. The molecule has 6 aromatic rings. The molecule has 0 spiro atoms. The molecule has 20 heteroatoms. The monoisotopic (exact) mass is 979 g/mol. The number of halogens is 1. The first-order valence-electron chi connectivity index (χ1n) is 21.5. The van der Waals surface area contributed by atoms with E-state index in [2.05, 4.69) is 16.0 Å². The summed E-state index contributed by atoms with van der Waals surface area (Å²) in [5, 5.41) is 17.7. The number of aromatic nitrogens is 2. The molecule has 2 fully saturated rings. The number of imide groups is 1. The summed E-state index contributed by atoms with van der Waals surface area (Å²) in [6.45, 7) is 4.88. The Kier molecular flexibility index (Phi) is 13.3. The van der Waals surface area contributed by atoms with Crippen LogP contribution in [0.2, 0.25) is 5.02 Å². The third-order valence-electron chi connectivity index (χ3n) is 11.7. The third-order valence-corrected chi connectivity index (χ3v) is 15.4. The molecule has 0 aliphatic carbocycles. The molecule has 0 bridgehead atoms. The maximum absolute atomic E-state index is 14.0. The minimum atomic E-state index is -3.84. The molecule has 0 radical (unpaired) electrons. The Bertz CT molecular complexity index is 3250. The van der Waals surface area contributed by atoms with Crippen LogP contribution in [0.5, 0.6) is 5.75 Å². The van der Waals surface area contributed by atoms with Gasteiger partial charge in [-0.25, -0.2) is 22.8 Å². The number of nitrogens with zero attached hydrogens (tertiary/aromatic N) is 4. The van der Waals surface area contributed by atoms with Crippen LogP contribution in [0.1, 0.15) is 67.7 Å². The van der Waals surface area contributed by atoms with Gasteiger partial charge < -0.3 is 20.5 Å². The molecule has 2 aliphatic heterocycles. The fraction of sp³-hybridized carbons (Fsp3) is 0.271. The summed E-state index contributed by atoms with van der Waals surface area (Å²) < 4.78 is 37.8. The fourth-order valence-corrected chi connectivity index (χ4v) is 11.9. The van der Waals surface area contributed by atoms with Gasteiger partial charge in [0.1, 0.15) is 17.7 Å². The van der Waals surface area contributed by atoms with Gasteiger partial charge in [0.05, 0.1) is 27.4 Å². The number of imidazole rings is 1. The number of aliphatic imine (C=N–C) groups is 1. The van der Waals surface area contributed by atoms with Gasteiger partial charge in [0.2, 0.25) is 21.8 Å². The van der Waals surface area contributed by atoms with E-state index in [-0.39, 0.29) is 64.8 Å². The lowest BCUT2D eigenvalue weighted by atomic mass is 9.91. The highest BCUT2D eigenvalue weighted by Crippen LogP contribution is 2.46. The number of aryl methyl sites for hydroxylation is 1. The molecule has 17 nitrogen and oxygen atoms in total. The summed E-state index contributed by atoms with van der Waals surface area (Å²) in [4.78, 5) is 79.3. The van der Waals surface area contributed by atoms with Gasteiger partial charge in [-0.3, -0.25) is 33.8 Å². The number of Topliss-reactive ketones (excluding diaryl/α,β-unsaturated/α-hetero) is 1. The Hall–Kier alpha value is -6.93. The molecule has 4 N–H and O–H groups in total. The van der Waals surface area contributed by atoms with E-state index in [1.807, 2.05) is 38.1 Å². The standard InChI is InChI=1S/C48H46ClN7O10S2/c1-27(57)25-66-41-40(49)42(67-43(41)45(60)61)31-8-6-10-34(22-31)50-35-19-20-55(48(2,3)24-35)68(64,65)26-28-7-5-9-33(21-28)52-46(62)51-32-14-11-29(12-15-32)30-13-16-36-38(23-30)54(4)47(63)56(36)37-17-18-39(58)53-44(37)59/h5-16,21-23,37H,17-20,24-26H2,1-4H3,(H,60,61)(H2,51,52,62)(H,53,58,59). The number of ether oxygens (including phenoxy) is 1. The quantitative estimate of drug-likeness (QED) is 0.0812. The molecule has 352 valence electrons. The van der Waals surface area contributed by atoms with Crippen molar-refractivity contribution in [2.75, 3.05) is 23.8 Å². The number of rotatable bonds is 13. The van der Waals surface area contributed by atoms with E-state index in [1.54, 1.807) is 73.8 Å². The number of urea groups is 1. The smallest absolute Gasteiger partial charge is 0.349 e. The van der Waals surface area contributed by atoms with Gasteiger partial charge in [-0.15, -0.1) is 11.3 Å². The van der Waals surface area contributed by atoms with Crippen molar-refractivity contribution in [3.05, 3.63) is 117 Å². The number of ketones is 1. The second kappa shape index (κ2) is 19.0. The predicted octanol–water partition coefficient (Wildman–Crippen LogP) is 8.15. The van der Waals surface area contributed by atoms with Gasteiger partial charge in [-0.1, -0.05) is 54.1 Å². The fourth-order valence-electron chi connectivity index (χ4n) is 8.58. The number of piperidine rings is 2. The Morgan fingerprint density at radius 3 is 2.34 bits per heavy atom. The van der Waals surface area contributed by atoms with Crippen molar-refractivity contribution in [2.24, 2.45) is 12.0 Å². The number of anilines is 2. The van der Waals surface area contributed by atoms with Crippen molar-refractivity contribution in [2.45, 2.75) is 63.8 Å². The summed E-state index contributed by atoms with van der Waals surface area (Å²) in [6.07, 6.45) is 1.10. The van der Waals surface area contributed by atoms with Gasteiger partial charge >= 0.3 is 17.7 Å². The molecule has 4 aromatic carbocycles. The number of amides is 4. The first-order chi connectivity index (χ1) is 32.3. The zero-order valence-electron chi connectivity index (χ0n) is 37.3. The van der Waals surface area contributed by atoms with Crippen molar-refractivity contribution in [3.8, 4) is 27.3 Å². The largest absolute Gasteiger partial charge is 0.482 e. The van der Waals surface area contributed by atoms with Crippen LogP contribution in [0.25, 0.3) is 32.6 Å². The molecule has 2 saturated heterocycles. The Balaban J connectivity index is 0.888. The zero-order chi connectivity index (χ0) is 48.7. The maximum atomic E-state index is 14.0. The highest BCUT2D eigenvalue weighted by Gasteiger charge is 2.40. The van der Waals surface area contributed by atoms with Crippen LogP contribution in [0.3, 0.4) is 0 Å². The molecule has 1 unspecified atom stereocenters. The minimum Gasteiger partial charge on any atom is -0.482 e. The number of aromatic carboxylic acids is 1. The van der Waals surface area contributed by atoms with Gasteiger partial charge in [0, 0.05) is 49.1 Å². The maximum Gasteiger partial charge on any atom is 0.349 e. The highest BCUT2D eigenvalue weighted by atomic mass is 35.5. The molecule has 2 aliphatic rings. The molecule has 8 rings (SSSR count). The van der Waals surface area contributed by atoms with Crippen LogP contribution in [-0.4, -0.2) is 81.0 Å². The topological polar surface area (TPSA) is 228 Å². The van der Waals surface area contributed by atoms with Crippen LogP contribution < -0.4 is 26.4 Å². The average molecular weight is 981 g/mol. The normalized spacial score (nSPS) is 17.0. The van der Waals surface area contributed by atoms with Crippen molar-refractivity contribution in [1.82, 2.24) is 18.8 Å². The van der Waals surface area contributed by atoms with E-state index in [0.717, 1.165) is 28.2 Å². The minimum absolute atomic E-state index is 0.0673. The molecule has 4 amide bonds. The van der Waals surface area contributed by atoms with Crippen molar-refractivity contribution in [3.63, 3.8) is 0 Å². The number of fused-ring (bicyclic) bond motifs is 1. The lowest BCUT2D eigenvalue weighted by Crippen LogP contribution is -2.53. The number of carboxylic acids is 1. The molecule has 0 saturated carbocycles. The molecule has 1 atom stereocenters. The van der Waals surface area contributed by atoms with E-state index in [4.69, 9.17) is 21.3 Å². The molecular formula is C48H46ClN7O10S2. The number of hydrogen-bond acceptors (Lipinski definition) is 11. The highest BCUT2D eigenvalue weighted by molar-refractivity contribution is 7.88. The lowest BCUT2D eigenvalue weighted by Gasteiger charge is -2.41. The van der Waals surface area contributed by atoms with Crippen LogP contribution in [0, 0.1) is 0 Å². The first kappa shape index (κ1) is 47.6. The number of carboxylic acid groups (broad SMARTS) is 1. The van der Waals surface area contributed by atoms with Gasteiger partial charge in [0.25, 0.3) is 0 Å². The number of nitrogens with one attached hydrogen (secondary N) is 3. The van der Waals surface area contributed by atoms with Gasteiger partial charge in [-0.2, -0.15) is 4.31 Å². The lowest BCUT2D eigenvalue weighted by molar-refractivity contribution is -0.135. The summed E-state index contributed by atoms with van der Waals surface area (Å²) in [5.74, 6) is -2.76. The summed E-state index contributed by atoms with van der Waals surface area (Å²) in [7, 11) is -2.21. The molecule has 2 aromatic heterocycles. The van der Waals surface area contributed by atoms with Crippen LogP contribution in [0.4, 0.5) is 21.9 Å². The summed E-state index contributed by atoms with van der Waals surface area (Å²) in [5.41, 5.74) is 4.95. The summed E-state index contributed by atoms with van der Waals surface area (Å²) >= 11 is 7.51. The van der Waals surface area contributed by atoms with Crippen LogP contribution in [-0.2, 0) is 37.2 Å². The zero-order valence-corrected chi connectivity index (χ0v) is 39.7. The number of thiophene rings is 1. The van der Waals surface area contributed by atoms with Crippen LogP contribution in [0.15, 0.2) is 101 Å². The Labute approximate surface area is 399 Å². The first-order valence-corrected chi connectivity index (χ1v) is 24.3. The number of hydrogen-bond donors (Lipinski definition) is 4. The second-order valence-corrected chi connectivity index (χ2v) is 20.5. The van der Waals surface area contributed by atoms with Crippen molar-refractivity contribution < 1.29 is 42.2 Å². The Morgan fingerprint density at radius 2 is 1.63 bits per heavy atom. The van der Waals surface area contributed by atoms with E-state index in [1.165, 1.54) is 20.4 Å². The predicted molar refractivity (Wildman–Crippen MR) is 261 cm³/mol. The number of benzene rings is 4. The van der Waals surface area contributed by atoms with E-state index >= 15 is 0 Å². The molecule has 4 heterocycles. The average Bonchev–Trinajstić information content (AvgIpc) is 3.74.